The molecule has 114 valence electrons. The molecule has 0 atom stereocenters. The maximum Gasteiger partial charge on any atom is 0.247 e. The maximum absolute atomic E-state index is 12.7. The highest BCUT2D eigenvalue weighted by molar-refractivity contribution is 5.95. The Morgan fingerprint density at radius 2 is 2.09 bits per heavy atom. The van der Waals surface area contributed by atoms with E-state index in [4.69, 9.17) is 0 Å². The van der Waals surface area contributed by atoms with Crippen LogP contribution in [0.5, 0.6) is 0 Å². The molecule has 1 fully saturated rings. The quantitative estimate of drug-likeness (QED) is 0.795. The molecule has 4 heteroatoms. The lowest BCUT2D eigenvalue weighted by molar-refractivity contribution is -0.127. The van der Waals surface area contributed by atoms with Crippen molar-refractivity contribution in [2.75, 3.05) is 0 Å². The Balaban J connectivity index is 1.77. The van der Waals surface area contributed by atoms with E-state index in [-0.39, 0.29) is 5.91 Å². The van der Waals surface area contributed by atoms with Crippen LogP contribution in [0.3, 0.4) is 0 Å². The third-order valence-corrected chi connectivity index (χ3v) is 4.07. The molecule has 3 rings (SSSR count). The van der Waals surface area contributed by atoms with E-state index in [1.54, 1.807) is 12.3 Å². The number of hydrogen-bond acceptors (Lipinski definition) is 2. The van der Waals surface area contributed by atoms with E-state index < -0.39 is 0 Å². The first kappa shape index (κ1) is 14.6. The van der Waals surface area contributed by atoms with E-state index in [2.05, 4.69) is 4.98 Å². The molecule has 1 heterocycles. The molecular weight excluding hydrogens is 274 g/mol. The molecule has 1 aromatic heterocycles. The van der Waals surface area contributed by atoms with Crippen LogP contribution < -0.4 is 0 Å². The number of allylic oxidation sites excluding steroid dienone is 1. The van der Waals surface area contributed by atoms with Gasteiger partial charge in [0.2, 0.25) is 5.91 Å². The van der Waals surface area contributed by atoms with Crippen LogP contribution in [0, 0.1) is 0 Å². The van der Waals surface area contributed by atoms with Crippen LogP contribution in [0.15, 0.2) is 48.8 Å². The molecule has 2 aromatic rings. The summed E-state index contributed by atoms with van der Waals surface area (Å²) in [4.78, 5) is 18.9. The van der Waals surface area contributed by atoms with Crippen LogP contribution in [-0.2, 0) is 18.4 Å². The second-order valence-corrected chi connectivity index (χ2v) is 5.85. The zero-order valence-corrected chi connectivity index (χ0v) is 13.1. The Kier molecular flexibility index (Phi) is 4.09. The van der Waals surface area contributed by atoms with Crippen LogP contribution >= 0.6 is 0 Å². The molecule has 22 heavy (non-hydrogen) atoms. The van der Waals surface area contributed by atoms with Gasteiger partial charge in [-0.2, -0.15) is 0 Å². The molecule has 1 aliphatic rings. The van der Waals surface area contributed by atoms with E-state index in [0.717, 1.165) is 29.8 Å². The first-order chi connectivity index (χ1) is 10.6. The van der Waals surface area contributed by atoms with Crippen LogP contribution in [0.1, 0.15) is 31.2 Å². The SMILES string of the molecule is C/C(=C\C(=O)N(Cc1nccn1C)C1CC1)c1ccccc1. The fourth-order valence-electron chi connectivity index (χ4n) is 2.53. The number of amides is 1. The number of benzene rings is 1. The standard InChI is InChI=1S/C18H21N3O/c1-14(15-6-4-3-5-7-15)12-18(22)21(16-8-9-16)13-17-19-10-11-20(17)2/h3-7,10-12,16H,8-9,13H2,1-2H3/b14-12+. The van der Waals surface area contributed by atoms with Gasteiger partial charge < -0.3 is 9.47 Å². The van der Waals surface area contributed by atoms with Crippen molar-refractivity contribution in [2.24, 2.45) is 7.05 Å². The molecule has 4 nitrogen and oxygen atoms in total. The average molecular weight is 295 g/mol. The average Bonchev–Trinajstić information content (AvgIpc) is 3.28. The number of carbonyl (C=O) groups is 1. The van der Waals surface area contributed by atoms with Gasteiger partial charge in [0.25, 0.3) is 0 Å². The number of rotatable bonds is 5. The van der Waals surface area contributed by atoms with Crippen molar-refractivity contribution in [1.82, 2.24) is 14.5 Å². The Hall–Kier alpha value is -2.36. The van der Waals surface area contributed by atoms with Gasteiger partial charge in [0.15, 0.2) is 0 Å². The first-order valence-corrected chi connectivity index (χ1v) is 7.65. The minimum atomic E-state index is 0.0758. The topological polar surface area (TPSA) is 38.1 Å². The number of hydrogen-bond donors (Lipinski definition) is 0. The summed E-state index contributed by atoms with van der Waals surface area (Å²) in [5.74, 6) is 0.998. The molecule has 1 saturated carbocycles. The van der Waals surface area contributed by atoms with Crippen molar-refractivity contribution >= 4 is 11.5 Å². The summed E-state index contributed by atoms with van der Waals surface area (Å²) in [6.07, 6.45) is 7.62. The minimum Gasteiger partial charge on any atom is -0.337 e. The molecule has 0 saturated heterocycles. The molecule has 0 bridgehead atoms. The molecular formula is C18H21N3O. The van der Waals surface area contributed by atoms with Gasteiger partial charge in [0.1, 0.15) is 5.82 Å². The van der Waals surface area contributed by atoms with Crippen molar-refractivity contribution in [3.63, 3.8) is 0 Å². The fourth-order valence-corrected chi connectivity index (χ4v) is 2.53. The summed E-state index contributed by atoms with van der Waals surface area (Å²) in [7, 11) is 1.96. The zero-order valence-electron chi connectivity index (χ0n) is 13.1. The summed E-state index contributed by atoms with van der Waals surface area (Å²) >= 11 is 0. The van der Waals surface area contributed by atoms with Crippen molar-refractivity contribution in [2.45, 2.75) is 32.4 Å². The molecule has 1 aliphatic carbocycles. The van der Waals surface area contributed by atoms with E-state index in [1.165, 1.54) is 0 Å². The molecule has 1 aromatic carbocycles. The number of aromatic nitrogens is 2. The van der Waals surface area contributed by atoms with Crippen LogP contribution in [0.2, 0.25) is 0 Å². The molecule has 0 spiro atoms. The predicted octanol–water partition coefficient (Wildman–Crippen LogP) is 3.01. The van der Waals surface area contributed by atoms with Crippen molar-refractivity contribution in [3.8, 4) is 0 Å². The summed E-state index contributed by atoms with van der Waals surface area (Å²) < 4.78 is 1.97. The summed E-state index contributed by atoms with van der Waals surface area (Å²) in [5.41, 5.74) is 2.08. The van der Waals surface area contributed by atoms with Crippen molar-refractivity contribution < 1.29 is 4.79 Å². The Bertz CT molecular complexity index is 683. The van der Waals surface area contributed by atoms with E-state index >= 15 is 0 Å². The van der Waals surface area contributed by atoms with E-state index in [9.17, 15) is 4.79 Å². The van der Waals surface area contributed by atoms with Crippen LogP contribution in [0.25, 0.3) is 5.57 Å². The first-order valence-electron chi connectivity index (χ1n) is 7.65. The third kappa shape index (κ3) is 3.27. The van der Waals surface area contributed by atoms with Gasteiger partial charge in [0.05, 0.1) is 6.54 Å². The van der Waals surface area contributed by atoms with Gasteiger partial charge in [-0.1, -0.05) is 30.3 Å². The Morgan fingerprint density at radius 1 is 1.36 bits per heavy atom. The largest absolute Gasteiger partial charge is 0.337 e. The zero-order chi connectivity index (χ0) is 15.5. The molecule has 1 amide bonds. The molecule has 0 radical (unpaired) electrons. The van der Waals surface area contributed by atoms with Gasteiger partial charge in [0, 0.05) is 31.6 Å². The van der Waals surface area contributed by atoms with Crippen LogP contribution in [0.4, 0.5) is 0 Å². The molecule has 0 aliphatic heterocycles. The smallest absolute Gasteiger partial charge is 0.247 e. The van der Waals surface area contributed by atoms with Gasteiger partial charge >= 0.3 is 0 Å². The highest BCUT2D eigenvalue weighted by Gasteiger charge is 2.32. The molecule has 0 N–H and O–H groups in total. The van der Waals surface area contributed by atoms with Crippen molar-refractivity contribution in [3.05, 3.63) is 60.2 Å². The molecule has 0 unspecified atom stereocenters. The summed E-state index contributed by atoms with van der Waals surface area (Å²) in [6.45, 7) is 2.56. The number of carbonyl (C=O) groups excluding carboxylic acids is 1. The van der Waals surface area contributed by atoms with Gasteiger partial charge in [-0.15, -0.1) is 0 Å². The number of aryl methyl sites for hydroxylation is 1. The second kappa shape index (κ2) is 6.18. The lowest BCUT2D eigenvalue weighted by Crippen LogP contribution is -2.32. The van der Waals surface area contributed by atoms with E-state index in [1.807, 2.05) is 60.0 Å². The summed E-state index contributed by atoms with van der Waals surface area (Å²) in [6, 6.07) is 10.4. The normalized spacial score (nSPS) is 14.9. The summed E-state index contributed by atoms with van der Waals surface area (Å²) in [5, 5.41) is 0. The maximum atomic E-state index is 12.7. The number of nitrogens with zero attached hydrogens (tertiary/aromatic N) is 3. The Labute approximate surface area is 131 Å². The highest BCUT2D eigenvalue weighted by atomic mass is 16.2. The monoisotopic (exact) mass is 295 g/mol. The van der Waals surface area contributed by atoms with Gasteiger partial charge in [-0.05, 0) is 30.9 Å². The number of imidazole rings is 1. The Morgan fingerprint density at radius 3 is 2.68 bits per heavy atom. The lowest BCUT2D eigenvalue weighted by atomic mass is 10.1. The van der Waals surface area contributed by atoms with Gasteiger partial charge in [-0.25, -0.2) is 4.98 Å². The van der Waals surface area contributed by atoms with Crippen molar-refractivity contribution in [1.29, 1.82) is 0 Å². The third-order valence-electron chi connectivity index (χ3n) is 4.07. The predicted molar refractivity (Wildman–Crippen MR) is 86.9 cm³/mol. The van der Waals surface area contributed by atoms with E-state index in [0.29, 0.717) is 12.6 Å². The fraction of sp³-hybridized carbons (Fsp3) is 0.333. The highest BCUT2D eigenvalue weighted by Crippen LogP contribution is 2.29. The van der Waals surface area contributed by atoms with Crippen LogP contribution in [-0.4, -0.2) is 26.4 Å². The van der Waals surface area contributed by atoms with Gasteiger partial charge in [-0.3, -0.25) is 4.79 Å². The minimum absolute atomic E-state index is 0.0758. The second-order valence-electron chi connectivity index (χ2n) is 5.85. The lowest BCUT2D eigenvalue weighted by Gasteiger charge is -2.21.